The molecule has 1 aromatic heterocycles. The molecule has 0 saturated heterocycles. The lowest BCUT2D eigenvalue weighted by Gasteiger charge is -2.15. The molecule has 9 heteroatoms. The third kappa shape index (κ3) is 5.43. The summed E-state index contributed by atoms with van der Waals surface area (Å²) in [5.41, 5.74) is 0.246. The van der Waals surface area contributed by atoms with Crippen LogP contribution in [0.3, 0.4) is 0 Å². The highest BCUT2D eigenvalue weighted by molar-refractivity contribution is 6.07. The molecule has 0 saturated carbocycles. The first-order valence-corrected chi connectivity index (χ1v) is 8.16. The van der Waals surface area contributed by atoms with Crippen LogP contribution in [-0.2, 0) is 9.53 Å². The van der Waals surface area contributed by atoms with Crippen molar-refractivity contribution >= 4 is 29.5 Å². The second kappa shape index (κ2) is 9.18. The average Bonchev–Trinajstić information content (AvgIpc) is 3.17. The smallest absolute Gasteiger partial charge is 0.341 e. The highest BCUT2D eigenvalue weighted by Gasteiger charge is 2.23. The fourth-order valence-electron chi connectivity index (χ4n) is 2.06. The Bertz CT molecular complexity index is 831. The number of urea groups is 1. The molecule has 0 bridgehead atoms. The fraction of sp³-hybridized carbons (Fsp3) is 0.222. The number of furan rings is 1. The summed E-state index contributed by atoms with van der Waals surface area (Å²) in [6, 6.07) is 8.51. The Hall–Kier alpha value is -3.62. The Labute approximate surface area is 155 Å². The average molecular weight is 373 g/mol. The van der Waals surface area contributed by atoms with Crippen LogP contribution in [0.4, 0.5) is 10.5 Å². The Morgan fingerprint density at radius 2 is 1.85 bits per heavy atom. The van der Waals surface area contributed by atoms with Gasteiger partial charge in [-0.15, -0.1) is 0 Å². The number of carbonyl (C=O) groups excluding carboxylic acids is 4. The zero-order chi connectivity index (χ0) is 19.8. The van der Waals surface area contributed by atoms with Crippen LogP contribution in [0.15, 0.2) is 47.1 Å². The van der Waals surface area contributed by atoms with Crippen molar-refractivity contribution in [1.29, 1.82) is 0 Å². The van der Waals surface area contributed by atoms with Crippen molar-refractivity contribution in [3.63, 3.8) is 0 Å². The predicted octanol–water partition coefficient (Wildman–Crippen LogP) is 1.92. The Morgan fingerprint density at radius 1 is 1.11 bits per heavy atom. The van der Waals surface area contributed by atoms with Gasteiger partial charge in [-0.25, -0.2) is 9.59 Å². The van der Waals surface area contributed by atoms with Crippen LogP contribution in [0.1, 0.15) is 34.8 Å². The van der Waals surface area contributed by atoms with Crippen LogP contribution < -0.4 is 16.0 Å². The largest absolute Gasteiger partial charge is 0.459 e. The first kappa shape index (κ1) is 19.7. The number of anilines is 1. The van der Waals surface area contributed by atoms with Crippen molar-refractivity contribution in [3.8, 4) is 0 Å². The van der Waals surface area contributed by atoms with Gasteiger partial charge >= 0.3 is 12.0 Å². The molecule has 2 rings (SSSR count). The molecule has 27 heavy (non-hydrogen) atoms. The number of hydrogen-bond donors (Lipinski definition) is 3. The summed E-state index contributed by atoms with van der Waals surface area (Å²) in [4.78, 5) is 47.7. The van der Waals surface area contributed by atoms with Gasteiger partial charge in [0.25, 0.3) is 11.8 Å². The third-order valence-corrected chi connectivity index (χ3v) is 3.37. The van der Waals surface area contributed by atoms with Gasteiger partial charge in [0.05, 0.1) is 17.5 Å². The maximum atomic E-state index is 12.4. The van der Waals surface area contributed by atoms with Gasteiger partial charge in [0, 0.05) is 6.54 Å². The molecule has 0 spiro atoms. The molecule has 0 aliphatic carbocycles. The molecular weight excluding hydrogens is 354 g/mol. The summed E-state index contributed by atoms with van der Waals surface area (Å²) >= 11 is 0. The number of rotatable bonds is 6. The van der Waals surface area contributed by atoms with Crippen molar-refractivity contribution in [3.05, 3.63) is 54.0 Å². The zero-order valence-corrected chi connectivity index (χ0v) is 14.8. The predicted molar refractivity (Wildman–Crippen MR) is 95.2 cm³/mol. The maximum Gasteiger partial charge on any atom is 0.341 e. The summed E-state index contributed by atoms with van der Waals surface area (Å²) in [6.45, 7) is 3.37. The minimum Gasteiger partial charge on any atom is -0.459 e. The summed E-state index contributed by atoms with van der Waals surface area (Å²) in [5, 5.41) is 6.99. The molecular formula is C18H19N3O6. The molecule has 142 valence electrons. The van der Waals surface area contributed by atoms with E-state index >= 15 is 0 Å². The van der Waals surface area contributed by atoms with Crippen molar-refractivity contribution in [2.24, 2.45) is 0 Å². The van der Waals surface area contributed by atoms with Gasteiger partial charge in [0.2, 0.25) is 0 Å². The van der Waals surface area contributed by atoms with E-state index in [1.165, 1.54) is 31.4 Å². The quantitative estimate of drug-likeness (QED) is 0.664. The van der Waals surface area contributed by atoms with E-state index in [0.29, 0.717) is 6.54 Å². The van der Waals surface area contributed by atoms with Gasteiger partial charge in [-0.2, -0.15) is 0 Å². The summed E-state index contributed by atoms with van der Waals surface area (Å²) in [6.07, 6.45) is 0.137. The van der Waals surface area contributed by atoms with Crippen LogP contribution >= 0.6 is 0 Å². The standard InChI is InChI=1S/C18H19N3O6/c1-3-19-18(25)21-15(22)11(2)27-17(24)12-7-4-5-8-13(12)20-16(23)14-9-6-10-26-14/h4-11H,3H2,1-2H3,(H,20,23)(H2,19,21,22,25). The van der Waals surface area contributed by atoms with E-state index < -0.39 is 29.9 Å². The second-order valence-corrected chi connectivity index (χ2v) is 5.37. The minimum atomic E-state index is -1.21. The summed E-state index contributed by atoms with van der Waals surface area (Å²) < 4.78 is 10.1. The molecule has 4 amide bonds. The Balaban J connectivity index is 2.05. The zero-order valence-electron chi connectivity index (χ0n) is 14.8. The molecule has 2 aromatic rings. The maximum absolute atomic E-state index is 12.4. The lowest BCUT2D eigenvalue weighted by molar-refractivity contribution is -0.127. The van der Waals surface area contributed by atoms with Crippen LogP contribution in [-0.4, -0.2) is 36.5 Å². The number of para-hydroxylation sites is 1. The lowest BCUT2D eigenvalue weighted by Crippen LogP contribution is -2.44. The number of carbonyl (C=O) groups is 4. The van der Waals surface area contributed by atoms with E-state index in [1.807, 2.05) is 0 Å². The fourth-order valence-corrected chi connectivity index (χ4v) is 2.06. The van der Waals surface area contributed by atoms with E-state index in [0.717, 1.165) is 0 Å². The number of esters is 1. The monoisotopic (exact) mass is 373 g/mol. The first-order chi connectivity index (χ1) is 12.9. The van der Waals surface area contributed by atoms with E-state index in [9.17, 15) is 19.2 Å². The van der Waals surface area contributed by atoms with Gasteiger partial charge in [0.1, 0.15) is 0 Å². The minimum absolute atomic E-state index is 0.0510. The van der Waals surface area contributed by atoms with E-state index in [1.54, 1.807) is 25.1 Å². The molecule has 9 nitrogen and oxygen atoms in total. The van der Waals surface area contributed by atoms with Crippen molar-refractivity contribution in [1.82, 2.24) is 10.6 Å². The highest BCUT2D eigenvalue weighted by atomic mass is 16.5. The molecule has 1 heterocycles. The molecule has 0 aliphatic rings. The Morgan fingerprint density at radius 3 is 2.52 bits per heavy atom. The van der Waals surface area contributed by atoms with Gasteiger partial charge in [0.15, 0.2) is 11.9 Å². The molecule has 1 unspecified atom stereocenters. The molecule has 1 atom stereocenters. The number of benzene rings is 1. The first-order valence-electron chi connectivity index (χ1n) is 8.16. The van der Waals surface area contributed by atoms with Crippen LogP contribution in [0, 0.1) is 0 Å². The van der Waals surface area contributed by atoms with Crippen molar-refractivity contribution in [2.45, 2.75) is 20.0 Å². The van der Waals surface area contributed by atoms with E-state index in [4.69, 9.17) is 9.15 Å². The van der Waals surface area contributed by atoms with Gasteiger partial charge in [-0.1, -0.05) is 12.1 Å². The van der Waals surface area contributed by atoms with Gasteiger partial charge < -0.3 is 19.8 Å². The molecule has 0 fully saturated rings. The Kier molecular flexibility index (Phi) is 6.70. The molecule has 0 radical (unpaired) electrons. The third-order valence-electron chi connectivity index (χ3n) is 3.37. The number of amides is 4. The van der Waals surface area contributed by atoms with Crippen LogP contribution in [0.2, 0.25) is 0 Å². The van der Waals surface area contributed by atoms with Crippen molar-refractivity contribution < 1.29 is 28.3 Å². The van der Waals surface area contributed by atoms with E-state index in [2.05, 4.69) is 16.0 Å². The van der Waals surface area contributed by atoms with Gasteiger partial charge in [-0.3, -0.25) is 14.9 Å². The van der Waals surface area contributed by atoms with Crippen LogP contribution in [0.5, 0.6) is 0 Å². The van der Waals surface area contributed by atoms with Crippen molar-refractivity contribution in [2.75, 3.05) is 11.9 Å². The lowest BCUT2D eigenvalue weighted by atomic mass is 10.1. The highest BCUT2D eigenvalue weighted by Crippen LogP contribution is 2.18. The second-order valence-electron chi connectivity index (χ2n) is 5.37. The number of hydrogen-bond acceptors (Lipinski definition) is 6. The molecule has 1 aromatic carbocycles. The number of nitrogens with one attached hydrogen (secondary N) is 3. The normalized spacial score (nSPS) is 11.2. The summed E-state index contributed by atoms with van der Waals surface area (Å²) in [7, 11) is 0. The molecule has 0 aliphatic heterocycles. The number of ether oxygens (including phenoxy) is 1. The molecule has 3 N–H and O–H groups in total. The topological polar surface area (TPSA) is 127 Å². The summed E-state index contributed by atoms with van der Waals surface area (Å²) in [5.74, 6) is -2.06. The van der Waals surface area contributed by atoms with Gasteiger partial charge in [-0.05, 0) is 38.1 Å². The van der Waals surface area contributed by atoms with Crippen LogP contribution in [0.25, 0.3) is 0 Å². The SMILES string of the molecule is CCNC(=O)NC(=O)C(C)OC(=O)c1ccccc1NC(=O)c1ccco1. The number of imide groups is 1. The van der Waals surface area contributed by atoms with E-state index in [-0.39, 0.29) is 17.0 Å².